The molecule has 2 amide bonds. The van der Waals surface area contributed by atoms with E-state index in [0.29, 0.717) is 17.9 Å². The normalized spacial score (nSPS) is 17.0. The molecule has 1 atom stereocenters. The Kier molecular flexibility index (Phi) is 6.44. The summed E-state index contributed by atoms with van der Waals surface area (Å²) in [5.74, 6) is -0.398. The molecule has 0 saturated carbocycles. The third-order valence-corrected chi connectivity index (χ3v) is 4.28. The van der Waals surface area contributed by atoms with Gasteiger partial charge in [0, 0.05) is 24.5 Å². The first-order valence-electron chi connectivity index (χ1n) is 8.82. The molecule has 0 fully saturated rings. The van der Waals surface area contributed by atoms with Crippen LogP contribution in [-0.4, -0.2) is 31.7 Å². The van der Waals surface area contributed by atoms with E-state index in [1.54, 1.807) is 6.92 Å². The van der Waals surface area contributed by atoms with Crippen molar-refractivity contribution in [1.82, 2.24) is 10.6 Å². The highest BCUT2D eigenvalue weighted by molar-refractivity contribution is 5.95. The van der Waals surface area contributed by atoms with Gasteiger partial charge in [-0.05, 0) is 44.9 Å². The summed E-state index contributed by atoms with van der Waals surface area (Å²) in [7, 11) is 0. The lowest BCUT2D eigenvalue weighted by atomic mass is 9.95. The molecule has 25 heavy (non-hydrogen) atoms. The molecular formula is C19H27N3O3. The number of nitrogens with one attached hydrogen (secondary N) is 2. The standard InChI is InChI=1S/C19H27N3O3/c1-5-12-25-18(23)16-13(4)20-19(24)21-17(16)14-8-10-15(11-9-14)22(6-2)7-3/h8-11,17H,5-7,12H2,1-4H3,(H2,20,21,24). The Morgan fingerprint density at radius 1 is 1.16 bits per heavy atom. The molecule has 0 spiro atoms. The molecule has 1 aromatic rings. The van der Waals surface area contributed by atoms with Crippen LogP contribution in [0.2, 0.25) is 0 Å². The molecule has 1 aliphatic heterocycles. The molecule has 0 saturated heterocycles. The molecule has 6 heteroatoms. The van der Waals surface area contributed by atoms with E-state index >= 15 is 0 Å². The first kappa shape index (κ1) is 18.8. The summed E-state index contributed by atoms with van der Waals surface area (Å²) in [4.78, 5) is 26.6. The average molecular weight is 345 g/mol. The third kappa shape index (κ3) is 4.32. The van der Waals surface area contributed by atoms with Crippen molar-refractivity contribution in [3.05, 3.63) is 41.1 Å². The fraction of sp³-hybridized carbons (Fsp3) is 0.474. The zero-order chi connectivity index (χ0) is 18.4. The van der Waals surface area contributed by atoms with Crippen molar-refractivity contribution in [2.24, 2.45) is 0 Å². The highest BCUT2D eigenvalue weighted by atomic mass is 16.5. The van der Waals surface area contributed by atoms with Gasteiger partial charge >= 0.3 is 12.0 Å². The minimum absolute atomic E-state index is 0.317. The number of benzene rings is 1. The van der Waals surface area contributed by atoms with Crippen molar-refractivity contribution in [2.75, 3.05) is 24.6 Å². The molecule has 0 radical (unpaired) electrons. The second-order valence-corrected chi connectivity index (χ2v) is 5.97. The van der Waals surface area contributed by atoms with Crippen LogP contribution in [0.3, 0.4) is 0 Å². The summed E-state index contributed by atoms with van der Waals surface area (Å²) in [5.41, 5.74) is 2.95. The summed E-state index contributed by atoms with van der Waals surface area (Å²) in [6.07, 6.45) is 0.751. The van der Waals surface area contributed by atoms with Crippen molar-refractivity contribution < 1.29 is 14.3 Å². The maximum absolute atomic E-state index is 12.4. The van der Waals surface area contributed by atoms with Gasteiger partial charge in [0.2, 0.25) is 0 Å². The smallest absolute Gasteiger partial charge is 0.338 e. The molecule has 2 N–H and O–H groups in total. The van der Waals surface area contributed by atoms with E-state index in [-0.39, 0.29) is 6.03 Å². The molecule has 6 nitrogen and oxygen atoms in total. The Morgan fingerprint density at radius 2 is 1.80 bits per heavy atom. The number of carbonyl (C=O) groups is 2. The lowest BCUT2D eigenvalue weighted by Gasteiger charge is -2.28. The molecule has 0 aliphatic carbocycles. The second kappa shape index (κ2) is 8.55. The van der Waals surface area contributed by atoms with Gasteiger partial charge in [0.05, 0.1) is 18.2 Å². The fourth-order valence-corrected chi connectivity index (χ4v) is 2.95. The highest BCUT2D eigenvalue weighted by Crippen LogP contribution is 2.29. The van der Waals surface area contributed by atoms with Crippen molar-refractivity contribution >= 4 is 17.7 Å². The van der Waals surface area contributed by atoms with E-state index in [2.05, 4.69) is 29.4 Å². The summed E-state index contributed by atoms with van der Waals surface area (Å²) in [5, 5.41) is 5.48. The number of ether oxygens (including phenoxy) is 1. The average Bonchev–Trinajstić information content (AvgIpc) is 2.60. The van der Waals surface area contributed by atoms with Gasteiger partial charge in [-0.1, -0.05) is 19.1 Å². The number of amides is 2. The van der Waals surface area contributed by atoms with E-state index in [1.165, 1.54) is 0 Å². The fourth-order valence-electron chi connectivity index (χ4n) is 2.95. The van der Waals surface area contributed by atoms with Gasteiger partial charge in [0.1, 0.15) is 0 Å². The molecule has 2 rings (SSSR count). The van der Waals surface area contributed by atoms with Crippen LogP contribution >= 0.6 is 0 Å². The van der Waals surface area contributed by atoms with Crippen LogP contribution in [0.1, 0.15) is 45.7 Å². The molecule has 1 heterocycles. The molecule has 1 unspecified atom stereocenters. The number of nitrogens with zero attached hydrogens (tertiary/aromatic N) is 1. The number of esters is 1. The SMILES string of the molecule is CCCOC(=O)C1=C(C)NC(=O)NC1c1ccc(N(CC)CC)cc1. The zero-order valence-electron chi connectivity index (χ0n) is 15.4. The Hall–Kier alpha value is -2.50. The molecule has 1 aromatic carbocycles. The van der Waals surface area contributed by atoms with Crippen molar-refractivity contribution in [2.45, 2.75) is 40.2 Å². The molecule has 136 valence electrons. The predicted molar refractivity (Wildman–Crippen MR) is 98.4 cm³/mol. The Bertz CT molecular complexity index is 648. The molecule has 0 aromatic heterocycles. The predicted octanol–water partition coefficient (Wildman–Crippen LogP) is 3.11. The Balaban J connectivity index is 2.32. The van der Waals surface area contributed by atoms with Crippen LogP contribution in [0.5, 0.6) is 0 Å². The lowest BCUT2D eigenvalue weighted by Crippen LogP contribution is -2.45. The van der Waals surface area contributed by atoms with Crippen LogP contribution < -0.4 is 15.5 Å². The lowest BCUT2D eigenvalue weighted by molar-refractivity contribution is -0.139. The first-order valence-corrected chi connectivity index (χ1v) is 8.82. The van der Waals surface area contributed by atoms with E-state index in [1.807, 2.05) is 31.2 Å². The van der Waals surface area contributed by atoms with Crippen LogP contribution in [-0.2, 0) is 9.53 Å². The van der Waals surface area contributed by atoms with Gasteiger partial charge in [-0.2, -0.15) is 0 Å². The minimum Gasteiger partial charge on any atom is -0.462 e. The van der Waals surface area contributed by atoms with Crippen molar-refractivity contribution in [1.29, 1.82) is 0 Å². The van der Waals surface area contributed by atoms with Crippen molar-refractivity contribution in [3.63, 3.8) is 0 Å². The summed E-state index contributed by atoms with van der Waals surface area (Å²) in [6, 6.07) is 7.10. The largest absolute Gasteiger partial charge is 0.462 e. The van der Waals surface area contributed by atoms with Gasteiger partial charge in [-0.25, -0.2) is 9.59 Å². The maximum atomic E-state index is 12.4. The van der Waals surface area contributed by atoms with E-state index < -0.39 is 12.0 Å². The number of anilines is 1. The van der Waals surface area contributed by atoms with Gasteiger partial charge < -0.3 is 20.3 Å². The number of hydrogen-bond acceptors (Lipinski definition) is 4. The molecule has 1 aliphatic rings. The Labute approximate surface area is 149 Å². The van der Waals surface area contributed by atoms with Crippen LogP contribution in [0, 0.1) is 0 Å². The number of urea groups is 1. The number of carbonyl (C=O) groups excluding carboxylic acids is 2. The highest BCUT2D eigenvalue weighted by Gasteiger charge is 2.32. The number of hydrogen-bond donors (Lipinski definition) is 2. The molecule has 0 bridgehead atoms. The topological polar surface area (TPSA) is 70.7 Å². The van der Waals surface area contributed by atoms with E-state index in [9.17, 15) is 9.59 Å². The zero-order valence-corrected chi connectivity index (χ0v) is 15.4. The molecular weight excluding hydrogens is 318 g/mol. The quantitative estimate of drug-likeness (QED) is 0.745. The minimum atomic E-state index is -0.510. The van der Waals surface area contributed by atoms with Gasteiger partial charge in [-0.15, -0.1) is 0 Å². The Morgan fingerprint density at radius 3 is 2.36 bits per heavy atom. The number of rotatable bonds is 7. The van der Waals surface area contributed by atoms with Crippen molar-refractivity contribution in [3.8, 4) is 0 Å². The van der Waals surface area contributed by atoms with Gasteiger partial charge in [0.25, 0.3) is 0 Å². The monoisotopic (exact) mass is 345 g/mol. The second-order valence-electron chi connectivity index (χ2n) is 5.97. The van der Waals surface area contributed by atoms with Crippen LogP contribution in [0.15, 0.2) is 35.5 Å². The summed E-state index contributed by atoms with van der Waals surface area (Å²) in [6.45, 7) is 10.1. The van der Waals surface area contributed by atoms with Crippen LogP contribution in [0.4, 0.5) is 10.5 Å². The van der Waals surface area contributed by atoms with Gasteiger partial charge in [0.15, 0.2) is 0 Å². The summed E-state index contributed by atoms with van der Waals surface area (Å²) < 4.78 is 5.29. The van der Waals surface area contributed by atoms with Crippen LogP contribution in [0.25, 0.3) is 0 Å². The number of allylic oxidation sites excluding steroid dienone is 1. The third-order valence-electron chi connectivity index (χ3n) is 4.28. The van der Waals surface area contributed by atoms with E-state index in [0.717, 1.165) is 30.8 Å². The summed E-state index contributed by atoms with van der Waals surface area (Å²) >= 11 is 0. The maximum Gasteiger partial charge on any atom is 0.338 e. The van der Waals surface area contributed by atoms with E-state index in [4.69, 9.17) is 4.74 Å². The van der Waals surface area contributed by atoms with Gasteiger partial charge in [-0.3, -0.25) is 0 Å². The first-order chi connectivity index (χ1) is 12.0.